The third-order valence-electron chi connectivity index (χ3n) is 4.78. The quantitative estimate of drug-likeness (QED) is 0.283. The Bertz CT molecular complexity index is 584. The van der Waals surface area contributed by atoms with Crippen LogP contribution in [0.3, 0.4) is 0 Å². The Kier molecular flexibility index (Phi) is 6.86. The molecule has 0 radical (unpaired) electrons. The van der Waals surface area contributed by atoms with Gasteiger partial charge in [-0.15, -0.1) is 11.8 Å². The van der Waals surface area contributed by atoms with E-state index < -0.39 is 18.2 Å². The predicted octanol–water partition coefficient (Wildman–Crippen LogP) is -3.74. The summed E-state index contributed by atoms with van der Waals surface area (Å²) in [5, 5.41) is 29.9. The molecular formula is C15H20NNaO7S. The molecule has 0 spiro atoms. The summed E-state index contributed by atoms with van der Waals surface area (Å²) >= 11 is 1.41. The molecule has 0 aromatic carbocycles. The van der Waals surface area contributed by atoms with Gasteiger partial charge in [0.1, 0.15) is 5.88 Å². The van der Waals surface area contributed by atoms with Gasteiger partial charge in [-0.1, -0.05) is 6.92 Å². The van der Waals surface area contributed by atoms with Crippen LogP contribution >= 0.6 is 11.8 Å². The van der Waals surface area contributed by atoms with Crippen molar-refractivity contribution < 1.29 is 63.9 Å². The predicted molar refractivity (Wildman–Crippen MR) is 81.3 cm³/mol. The molecule has 3 rings (SSSR count). The van der Waals surface area contributed by atoms with E-state index in [2.05, 4.69) is 0 Å². The molecule has 134 valence electrons. The Balaban J connectivity index is 0.00000225. The zero-order chi connectivity index (χ0) is 17.6. The topological polar surface area (TPSA) is 119 Å². The van der Waals surface area contributed by atoms with Gasteiger partial charge >= 0.3 is 29.6 Å². The summed E-state index contributed by atoms with van der Waals surface area (Å²) in [5.74, 6) is -1.07. The van der Waals surface area contributed by atoms with Gasteiger partial charge in [0.05, 0.1) is 37.4 Å². The van der Waals surface area contributed by atoms with Crippen molar-refractivity contribution in [2.45, 2.75) is 43.8 Å². The first-order chi connectivity index (χ1) is 11.3. The van der Waals surface area contributed by atoms with Crippen molar-refractivity contribution in [1.29, 1.82) is 0 Å². The van der Waals surface area contributed by atoms with E-state index in [4.69, 9.17) is 14.6 Å². The summed E-state index contributed by atoms with van der Waals surface area (Å²) < 4.78 is 10.2. The number of rotatable bonds is 5. The fourth-order valence-electron chi connectivity index (χ4n) is 3.66. The van der Waals surface area contributed by atoms with Crippen LogP contribution in [0.2, 0.25) is 0 Å². The molecule has 3 aliphatic rings. The molecule has 3 aliphatic heterocycles. The Morgan fingerprint density at radius 3 is 2.76 bits per heavy atom. The maximum Gasteiger partial charge on any atom is 1.00 e. The van der Waals surface area contributed by atoms with Crippen molar-refractivity contribution in [3.05, 3.63) is 10.8 Å². The Morgan fingerprint density at radius 2 is 2.24 bits per heavy atom. The first-order valence-corrected chi connectivity index (χ1v) is 8.76. The van der Waals surface area contributed by atoms with E-state index in [0.717, 1.165) is 0 Å². The molecule has 0 aromatic rings. The van der Waals surface area contributed by atoms with E-state index in [1.165, 1.54) is 16.7 Å². The van der Waals surface area contributed by atoms with Gasteiger partial charge < -0.3 is 29.6 Å². The SMILES string of the molecule is CC(O)[C@@H]1C(=O)N2C(OC(=O)[O-])=C(S[C@H]3COC(CO)C3)[C@@H](C)[C@@H]12.[Na+]. The van der Waals surface area contributed by atoms with Crippen LogP contribution in [0.5, 0.6) is 0 Å². The summed E-state index contributed by atoms with van der Waals surface area (Å²) in [7, 11) is 0. The molecule has 6 atom stereocenters. The minimum absolute atomic E-state index is 0. The smallest absolute Gasteiger partial charge is 0.497 e. The van der Waals surface area contributed by atoms with Gasteiger partial charge in [-0.25, -0.2) is 0 Å². The summed E-state index contributed by atoms with van der Waals surface area (Å²) in [6.45, 7) is 3.80. The minimum atomic E-state index is -1.72. The second kappa shape index (κ2) is 8.16. The molecular weight excluding hydrogens is 361 g/mol. The zero-order valence-corrected chi connectivity index (χ0v) is 17.2. The van der Waals surface area contributed by atoms with E-state index in [0.29, 0.717) is 17.9 Å². The number of thioether (sulfide) groups is 1. The molecule has 2 unspecified atom stereocenters. The number of hydrogen-bond donors (Lipinski definition) is 2. The molecule has 2 N–H and O–H groups in total. The second-order valence-electron chi connectivity index (χ2n) is 6.39. The van der Waals surface area contributed by atoms with E-state index in [1.807, 2.05) is 6.92 Å². The van der Waals surface area contributed by atoms with Gasteiger partial charge in [-0.2, -0.15) is 0 Å². The molecule has 2 fully saturated rings. The zero-order valence-electron chi connectivity index (χ0n) is 14.4. The number of aliphatic hydroxyl groups excluding tert-OH is 2. The molecule has 1 amide bonds. The van der Waals surface area contributed by atoms with Gasteiger partial charge in [0, 0.05) is 16.1 Å². The Morgan fingerprint density at radius 1 is 1.56 bits per heavy atom. The third-order valence-corrected chi connectivity index (χ3v) is 6.25. The fourth-order valence-corrected chi connectivity index (χ4v) is 5.07. The Hall–Kier alpha value is -0.290. The first-order valence-electron chi connectivity index (χ1n) is 7.88. The van der Waals surface area contributed by atoms with Gasteiger partial charge in [0.25, 0.3) is 6.16 Å². The molecule has 3 heterocycles. The number of amides is 1. The monoisotopic (exact) mass is 381 g/mol. The summed E-state index contributed by atoms with van der Waals surface area (Å²) in [4.78, 5) is 25.1. The van der Waals surface area contributed by atoms with Crippen molar-refractivity contribution in [2.75, 3.05) is 13.2 Å². The van der Waals surface area contributed by atoms with Gasteiger partial charge in [-0.3, -0.25) is 9.69 Å². The number of aliphatic hydroxyl groups is 2. The largest absolute Gasteiger partial charge is 1.00 e. The van der Waals surface area contributed by atoms with Gasteiger partial charge in [0.2, 0.25) is 5.91 Å². The van der Waals surface area contributed by atoms with Crippen LogP contribution < -0.4 is 34.7 Å². The molecule has 10 heteroatoms. The first kappa shape index (κ1) is 21.0. The fraction of sp³-hybridized carbons (Fsp3) is 0.733. The minimum Gasteiger partial charge on any atom is -0.497 e. The molecule has 0 aromatic heterocycles. The molecule has 25 heavy (non-hydrogen) atoms. The number of ether oxygens (including phenoxy) is 2. The second-order valence-corrected chi connectivity index (χ2v) is 7.73. The van der Waals surface area contributed by atoms with Gasteiger partial charge in [-0.05, 0) is 13.3 Å². The number of carbonyl (C=O) groups excluding carboxylic acids is 2. The third kappa shape index (κ3) is 3.73. The van der Waals surface area contributed by atoms with Crippen molar-refractivity contribution in [3.63, 3.8) is 0 Å². The van der Waals surface area contributed by atoms with Crippen LogP contribution in [0.1, 0.15) is 20.3 Å². The average Bonchev–Trinajstić information content (AvgIpc) is 3.03. The van der Waals surface area contributed by atoms with Crippen molar-refractivity contribution in [2.24, 2.45) is 11.8 Å². The number of fused-ring (bicyclic) bond motifs is 1. The van der Waals surface area contributed by atoms with Crippen LogP contribution in [0.25, 0.3) is 0 Å². The number of carboxylic acid groups (broad SMARTS) is 1. The van der Waals surface area contributed by atoms with Crippen molar-refractivity contribution >= 4 is 23.8 Å². The van der Waals surface area contributed by atoms with Crippen molar-refractivity contribution in [1.82, 2.24) is 4.90 Å². The molecule has 0 aliphatic carbocycles. The normalized spacial score (nSPS) is 35.1. The molecule has 0 saturated carbocycles. The summed E-state index contributed by atoms with van der Waals surface area (Å²) in [6.07, 6.45) is -2.13. The maximum atomic E-state index is 12.3. The average molecular weight is 381 g/mol. The van der Waals surface area contributed by atoms with Crippen LogP contribution in [0.4, 0.5) is 4.79 Å². The molecule has 0 bridgehead atoms. The summed E-state index contributed by atoms with van der Waals surface area (Å²) in [6, 6.07) is -0.315. The van der Waals surface area contributed by atoms with E-state index in [9.17, 15) is 19.8 Å². The number of carbonyl (C=O) groups is 2. The van der Waals surface area contributed by atoms with E-state index >= 15 is 0 Å². The van der Waals surface area contributed by atoms with Crippen LogP contribution in [0.15, 0.2) is 10.8 Å². The number of nitrogens with zero attached hydrogens (tertiary/aromatic N) is 1. The summed E-state index contributed by atoms with van der Waals surface area (Å²) in [5.41, 5.74) is 0. The van der Waals surface area contributed by atoms with Gasteiger partial charge in [0.15, 0.2) is 0 Å². The standard InChI is InChI=1S/C15H21NO7S.Na/c1-6-11-10(7(2)18)13(19)16(11)14(23-15(20)21)12(6)24-9-3-8(4-17)22-5-9;/h6-11,17-18H,3-5H2,1-2H3,(H,20,21);/q;+1/p-1/t6-,7?,8?,9+,10-,11-;/m0./s1. The molecule has 2 saturated heterocycles. The van der Waals surface area contributed by atoms with E-state index in [-0.39, 0.29) is 71.3 Å². The maximum absolute atomic E-state index is 12.3. The van der Waals surface area contributed by atoms with Crippen LogP contribution in [-0.2, 0) is 14.3 Å². The Labute approximate surface area is 171 Å². The number of hydrogen-bond acceptors (Lipinski definition) is 8. The molecule has 8 nitrogen and oxygen atoms in total. The van der Waals surface area contributed by atoms with Crippen LogP contribution in [-0.4, -0.2) is 63.9 Å². The van der Waals surface area contributed by atoms with Crippen molar-refractivity contribution in [3.8, 4) is 0 Å². The van der Waals surface area contributed by atoms with E-state index in [1.54, 1.807) is 6.92 Å². The van der Waals surface area contributed by atoms with Crippen LogP contribution in [0, 0.1) is 11.8 Å². The number of β-lactam (4-membered cyclic amide) rings is 1.